The van der Waals surface area contributed by atoms with Crippen molar-refractivity contribution in [3.05, 3.63) is 29.3 Å². The first kappa shape index (κ1) is 15.8. The zero-order valence-electron chi connectivity index (χ0n) is 12.6. The van der Waals surface area contributed by atoms with Crippen LogP contribution in [0.25, 0.3) is 0 Å². The Hall–Kier alpha value is -1.56. The van der Waals surface area contributed by atoms with E-state index in [1.807, 2.05) is 32.0 Å². The number of ether oxygens (including phenoxy) is 1. The second kappa shape index (κ2) is 6.05. The average Bonchev–Trinajstić information content (AvgIpc) is 2.77. The monoisotopic (exact) mass is 311 g/mol. The van der Waals surface area contributed by atoms with E-state index in [0.29, 0.717) is 12.2 Å². The second-order valence-corrected chi connectivity index (χ2v) is 7.85. The van der Waals surface area contributed by atoms with Crippen molar-refractivity contribution in [2.75, 3.05) is 25.2 Å². The van der Waals surface area contributed by atoms with Gasteiger partial charge in [0.05, 0.1) is 11.5 Å². The molecule has 0 aromatic heterocycles. The van der Waals surface area contributed by atoms with Crippen LogP contribution < -0.4 is 4.74 Å². The van der Waals surface area contributed by atoms with Crippen LogP contribution in [0, 0.1) is 13.8 Å². The van der Waals surface area contributed by atoms with Crippen molar-refractivity contribution in [3.8, 4) is 5.75 Å². The lowest BCUT2D eigenvalue weighted by atomic mass is 10.1. The van der Waals surface area contributed by atoms with Gasteiger partial charge in [0.1, 0.15) is 5.75 Å². The summed E-state index contributed by atoms with van der Waals surface area (Å²) in [5.41, 5.74) is 2.12. The van der Waals surface area contributed by atoms with Crippen molar-refractivity contribution in [2.45, 2.75) is 26.3 Å². The SMILES string of the molecule is Cc1ccc(OCC(=O)N(C)[C@@H]2CCS(=O)(=O)C2)c(C)c1. The summed E-state index contributed by atoms with van der Waals surface area (Å²) >= 11 is 0. The molecule has 116 valence electrons. The molecule has 1 aliphatic rings. The standard InChI is InChI=1S/C15H21NO4S/c1-11-4-5-14(12(2)8-11)20-9-15(17)16(3)13-6-7-21(18,19)10-13/h4-5,8,13H,6-7,9-10H2,1-3H3/t13-/m1/s1. The van der Waals surface area contributed by atoms with E-state index in [1.54, 1.807) is 7.05 Å². The topological polar surface area (TPSA) is 63.7 Å². The van der Waals surface area contributed by atoms with Gasteiger partial charge in [-0.25, -0.2) is 8.42 Å². The summed E-state index contributed by atoms with van der Waals surface area (Å²) in [6.45, 7) is 3.85. The van der Waals surface area contributed by atoms with E-state index in [2.05, 4.69) is 0 Å². The first-order valence-electron chi connectivity index (χ1n) is 6.94. The number of carbonyl (C=O) groups excluding carboxylic acids is 1. The van der Waals surface area contributed by atoms with Crippen LogP contribution in [0.1, 0.15) is 17.5 Å². The number of amides is 1. The number of hydrogen-bond donors (Lipinski definition) is 0. The zero-order chi connectivity index (χ0) is 15.6. The molecule has 1 heterocycles. The molecule has 5 nitrogen and oxygen atoms in total. The van der Waals surface area contributed by atoms with Crippen molar-refractivity contribution in [3.63, 3.8) is 0 Å². The predicted octanol–water partition coefficient (Wildman–Crippen LogP) is 1.33. The Kier molecular flexibility index (Phi) is 4.56. The van der Waals surface area contributed by atoms with Gasteiger partial charge in [0.25, 0.3) is 5.91 Å². The average molecular weight is 311 g/mol. The number of nitrogens with zero attached hydrogens (tertiary/aromatic N) is 1. The van der Waals surface area contributed by atoms with Crippen molar-refractivity contribution in [1.29, 1.82) is 0 Å². The largest absolute Gasteiger partial charge is 0.484 e. The Morgan fingerprint density at radius 1 is 1.38 bits per heavy atom. The summed E-state index contributed by atoms with van der Waals surface area (Å²) in [5.74, 6) is 0.699. The highest BCUT2D eigenvalue weighted by atomic mass is 32.2. The molecular weight excluding hydrogens is 290 g/mol. The fourth-order valence-corrected chi connectivity index (χ4v) is 4.26. The van der Waals surface area contributed by atoms with Crippen LogP contribution >= 0.6 is 0 Å². The number of sulfone groups is 1. The molecule has 1 amide bonds. The van der Waals surface area contributed by atoms with Gasteiger partial charge in [0, 0.05) is 13.1 Å². The van der Waals surface area contributed by atoms with Crippen LogP contribution in [0.3, 0.4) is 0 Å². The minimum Gasteiger partial charge on any atom is -0.484 e. The molecule has 1 aromatic carbocycles. The van der Waals surface area contributed by atoms with Gasteiger partial charge in [0.15, 0.2) is 16.4 Å². The third kappa shape index (κ3) is 3.97. The number of aryl methyl sites for hydroxylation is 2. The third-order valence-corrected chi connectivity index (χ3v) is 5.58. The van der Waals surface area contributed by atoms with Crippen molar-refractivity contribution < 1.29 is 17.9 Å². The number of rotatable bonds is 4. The predicted molar refractivity (Wildman–Crippen MR) is 81.2 cm³/mol. The molecule has 1 saturated heterocycles. The van der Waals surface area contributed by atoms with Crippen molar-refractivity contribution in [2.24, 2.45) is 0 Å². The maximum atomic E-state index is 12.1. The molecule has 21 heavy (non-hydrogen) atoms. The van der Waals surface area contributed by atoms with Gasteiger partial charge in [-0.3, -0.25) is 4.79 Å². The minimum absolute atomic E-state index is 0.0544. The number of likely N-dealkylation sites (N-methyl/N-ethyl adjacent to an activating group) is 1. The minimum atomic E-state index is -2.99. The van der Waals surface area contributed by atoms with Crippen LogP contribution in [0.5, 0.6) is 5.75 Å². The smallest absolute Gasteiger partial charge is 0.260 e. The maximum Gasteiger partial charge on any atom is 0.260 e. The number of benzene rings is 1. The molecular formula is C15H21NO4S. The molecule has 0 radical (unpaired) electrons. The molecule has 2 rings (SSSR count). The van der Waals surface area contributed by atoms with E-state index in [9.17, 15) is 13.2 Å². The fraction of sp³-hybridized carbons (Fsp3) is 0.533. The normalized spacial score (nSPS) is 20.2. The highest BCUT2D eigenvalue weighted by molar-refractivity contribution is 7.91. The van der Waals surface area contributed by atoms with E-state index < -0.39 is 9.84 Å². The van der Waals surface area contributed by atoms with E-state index in [0.717, 1.165) is 11.1 Å². The quantitative estimate of drug-likeness (QED) is 0.841. The summed E-state index contributed by atoms with van der Waals surface area (Å²) < 4.78 is 28.5. The highest BCUT2D eigenvalue weighted by Gasteiger charge is 2.32. The van der Waals surface area contributed by atoms with E-state index in [1.165, 1.54) is 4.90 Å². The van der Waals surface area contributed by atoms with Crippen molar-refractivity contribution >= 4 is 15.7 Å². The van der Waals surface area contributed by atoms with Gasteiger partial charge in [-0.2, -0.15) is 0 Å². The molecule has 6 heteroatoms. The molecule has 0 unspecified atom stereocenters. The van der Waals surface area contributed by atoms with Crippen LogP contribution in [-0.2, 0) is 14.6 Å². The first-order valence-corrected chi connectivity index (χ1v) is 8.77. The molecule has 0 aliphatic carbocycles. The second-order valence-electron chi connectivity index (χ2n) is 5.62. The molecule has 1 fully saturated rings. The Morgan fingerprint density at radius 3 is 2.67 bits per heavy atom. The van der Waals surface area contributed by atoms with E-state index >= 15 is 0 Å². The Balaban J connectivity index is 1.92. The lowest BCUT2D eigenvalue weighted by Gasteiger charge is -2.23. The third-order valence-electron chi connectivity index (χ3n) is 3.83. The first-order chi connectivity index (χ1) is 9.78. The van der Waals surface area contributed by atoms with E-state index in [-0.39, 0.29) is 30.1 Å². The Bertz CT molecular complexity index is 639. The maximum absolute atomic E-state index is 12.1. The number of hydrogen-bond acceptors (Lipinski definition) is 4. The Morgan fingerprint density at radius 2 is 2.10 bits per heavy atom. The van der Waals surface area contributed by atoms with Gasteiger partial charge in [0.2, 0.25) is 0 Å². The van der Waals surface area contributed by atoms with Gasteiger partial charge >= 0.3 is 0 Å². The van der Waals surface area contributed by atoms with Gasteiger partial charge in [-0.05, 0) is 31.9 Å². The lowest BCUT2D eigenvalue weighted by Crippen LogP contribution is -2.40. The fourth-order valence-electron chi connectivity index (χ4n) is 2.49. The van der Waals surface area contributed by atoms with Gasteiger partial charge in [-0.15, -0.1) is 0 Å². The summed E-state index contributed by atoms with van der Waals surface area (Å²) in [4.78, 5) is 13.6. The summed E-state index contributed by atoms with van der Waals surface area (Å²) in [7, 11) is -1.35. The van der Waals surface area contributed by atoms with Crippen LogP contribution in [0.15, 0.2) is 18.2 Å². The van der Waals surface area contributed by atoms with Crippen LogP contribution in [-0.4, -0.2) is 50.4 Å². The molecule has 1 aromatic rings. The van der Waals surface area contributed by atoms with Gasteiger partial charge < -0.3 is 9.64 Å². The summed E-state index contributed by atoms with van der Waals surface area (Å²) in [6, 6.07) is 5.54. The molecule has 0 bridgehead atoms. The van der Waals surface area contributed by atoms with Crippen molar-refractivity contribution in [1.82, 2.24) is 4.90 Å². The highest BCUT2D eigenvalue weighted by Crippen LogP contribution is 2.20. The molecule has 1 atom stereocenters. The molecule has 0 N–H and O–H groups in total. The van der Waals surface area contributed by atoms with Crippen LogP contribution in [0.4, 0.5) is 0 Å². The Labute approximate surface area is 125 Å². The zero-order valence-corrected chi connectivity index (χ0v) is 13.4. The lowest BCUT2D eigenvalue weighted by molar-refractivity contribution is -0.133. The number of carbonyl (C=O) groups is 1. The molecule has 0 saturated carbocycles. The van der Waals surface area contributed by atoms with E-state index in [4.69, 9.17) is 4.74 Å². The van der Waals surface area contributed by atoms with Gasteiger partial charge in [-0.1, -0.05) is 17.7 Å². The summed E-state index contributed by atoms with van der Waals surface area (Å²) in [6.07, 6.45) is 0.508. The van der Waals surface area contributed by atoms with Crippen LogP contribution in [0.2, 0.25) is 0 Å². The summed E-state index contributed by atoms with van der Waals surface area (Å²) in [5, 5.41) is 0. The molecule has 1 aliphatic heterocycles. The molecule has 0 spiro atoms.